The Balaban J connectivity index is 1.53. The van der Waals surface area contributed by atoms with Crippen molar-refractivity contribution in [3.05, 3.63) is 58.1 Å². The van der Waals surface area contributed by atoms with E-state index in [-0.39, 0.29) is 21.4 Å². The molecule has 32 heavy (non-hydrogen) atoms. The van der Waals surface area contributed by atoms with Gasteiger partial charge in [0, 0.05) is 49.0 Å². The predicted octanol–water partition coefficient (Wildman–Crippen LogP) is 3.55. The minimum absolute atomic E-state index is 0.0372. The van der Waals surface area contributed by atoms with Crippen LogP contribution in [0.1, 0.15) is 23.2 Å². The molecule has 174 valence electrons. The SMILES string of the molecule is CN1CCN(CCCCNC(=O)c2ccc(Cl)c(S(=O)(=O)Nc3ccc(Cl)cc3)c2)CC1. The lowest BCUT2D eigenvalue weighted by Crippen LogP contribution is -2.44. The fourth-order valence-electron chi connectivity index (χ4n) is 3.41. The maximum Gasteiger partial charge on any atom is 0.263 e. The Hall–Kier alpha value is -1.84. The second kappa shape index (κ2) is 11.3. The van der Waals surface area contributed by atoms with E-state index < -0.39 is 10.0 Å². The Morgan fingerprint density at radius 3 is 2.38 bits per heavy atom. The molecule has 0 spiro atoms. The highest BCUT2D eigenvalue weighted by atomic mass is 35.5. The zero-order valence-electron chi connectivity index (χ0n) is 18.0. The van der Waals surface area contributed by atoms with Gasteiger partial charge in [0.25, 0.3) is 15.9 Å². The van der Waals surface area contributed by atoms with E-state index in [2.05, 4.69) is 26.9 Å². The molecule has 1 aliphatic heterocycles. The van der Waals surface area contributed by atoms with E-state index in [4.69, 9.17) is 23.2 Å². The summed E-state index contributed by atoms with van der Waals surface area (Å²) in [5.41, 5.74) is 0.589. The number of rotatable bonds is 9. The van der Waals surface area contributed by atoms with Gasteiger partial charge < -0.3 is 15.1 Å². The van der Waals surface area contributed by atoms with Gasteiger partial charge in [0.1, 0.15) is 4.90 Å². The fraction of sp³-hybridized carbons (Fsp3) is 0.409. The number of nitrogens with zero attached hydrogens (tertiary/aromatic N) is 2. The Morgan fingerprint density at radius 1 is 1.00 bits per heavy atom. The van der Waals surface area contributed by atoms with Crippen molar-refractivity contribution >= 4 is 44.8 Å². The monoisotopic (exact) mass is 498 g/mol. The van der Waals surface area contributed by atoms with Crippen molar-refractivity contribution in [2.45, 2.75) is 17.7 Å². The van der Waals surface area contributed by atoms with Crippen molar-refractivity contribution in [3.63, 3.8) is 0 Å². The van der Waals surface area contributed by atoms with Crippen LogP contribution in [0.25, 0.3) is 0 Å². The highest BCUT2D eigenvalue weighted by molar-refractivity contribution is 7.92. The first kappa shape index (κ1) is 24.8. The topological polar surface area (TPSA) is 81.8 Å². The summed E-state index contributed by atoms with van der Waals surface area (Å²) in [4.78, 5) is 17.1. The Labute approximate surface area is 199 Å². The molecule has 0 bridgehead atoms. The van der Waals surface area contributed by atoms with Gasteiger partial charge in [0.2, 0.25) is 0 Å². The Bertz CT molecular complexity index is 1020. The Kier molecular flexibility index (Phi) is 8.79. The number of carbonyl (C=O) groups is 1. The highest BCUT2D eigenvalue weighted by Crippen LogP contribution is 2.25. The van der Waals surface area contributed by atoms with Gasteiger partial charge in [-0.1, -0.05) is 23.2 Å². The molecule has 1 fully saturated rings. The quantitative estimate of drug-likeness (QED) is 0.516. The van der Waals surface area contributed by atoms with Gasteiger partial charge in [-0.15, -0.1) is 0 Å². The molecule has 1 saturated heterocycles. The minimum atomic E-state index is -3.97. The number of anilines is 1. The lowest BCUT2D eigenvalue weighted by Gasteiger charge is -2.32. The van der Waals surface area contributed by atoms with Crippen LogP contribution in [0.4, 0.5) is 5.69 Å². The van der Waals surface area contributed by atoms with E-state index in [0.29, 0.717) is 17.3 Å². The third-order valence-electron chi connectivity index (χ3n) is 5.36. The van der Waals surface area contributed by atoms with Crippen molar-refractivity contribution in [2.24, 2.45) is 0 Å². The molecule has 10 heteroatoms. The summed E-state index contributed by atoms with van der Waals surface area (Å²) in [5.74, 6) is -0.329. The normalized spacial score (nSPS) is 15.5. The van der Waals surface area contributed by atoms with Crippen LogP contribution in [0.15, 0.2) is 47.4 Å². The van der Waals surface area contributed by atoms with E-state index >= 15 is 0 Å². The standard InChI is InChI=1S/C22H28Cl2N4O3S/c1-27-12-14-28(15-13-27)11-3-2-10-25-22(29)17-4-9-20(24)21(16-17)32(30,31)26-19-7-5-18(23)6-8-19/h4-9,16,26H,2-3,10-15H2,1H3,(H,25,29). The second-order valence-corrected chi connectivity index (χ2v) is 10.4. The number of likely N-dealkylation sites (N-methyl/N-ethyl adjacent to an activating group) is 1. The summed E-state index contributed by atoms with van der Waals surface area (Å²) >= 11 is 12.0. The summed E-state index contributed by atoms with van der Waals surface area (Å²) in [6.07, 6.45) is 1.85. The van der Waals surface area contributed by atoms with E-state index in [0.717, 1.165) is 45.6 Å². The average Bonchev–Trinajstić information content (AvgIpc) is 2.76. The van der Waals surface area contributed by atoms with Gasteiger partial charge in [-0.2, -0.15) is 0 Å². The molecular weight excluding hydrogens is 471 g/mol. The van der Waals surface area contributed by atoms with Gasteiger partial charge >= 0.3 is 0 Å². The van der Waals surface area contributed by atoms with Crippen LogP contribution in [0.3, 0.4) is 0 Å². The minimum Gasteiger partial charge on any atom is -0.352 e. The van der Waals surface area contributed by atoms with Crippen LogP contribution < -0.4 is 10.0 Å². The maximum absolute atomic E-state index is 12.8. The molecule has 1 heterocycles. The molecule has 3 rings (SSSR count). The number of carbonyl (C=O) groups excluding carboxylic acids is 1. The van der Waals surface area contributed by atoms with Crippen LogP contribution in [-0.2, 0) is 10.0 Å². The lowest BCUT2D eigenvalue weighted by molar-refractivity contribution is 0.0951. The zero-order valence-corrected chi connectivity index (χ0v) is 20.3. The van der Waals surface area contributed by atoms with Crippen molar-refractivity contribution in [2.75, 3.05) is 51.0 Å². The molecule has 1 aliphatic rings. The van der Waals surface area contributed by atoms with Gasteiger partial charge in [0.05, 0.1) is 5.02 Å². The number of benzene rings is 2. The number of hydrogen-bond acceptors (Lipinski definition) is 5. The number of amides is 1. The molecule has 0 radical (unpaired) electrons. The number of sulfonamides is 1. The molecule has 1 amide bonds. The number of halogens is 2. The van der Waals surface area contributed by atoms with Crippen LogP contribution in [-0.4, -0.2) is 70.4 Å². The van der Waals surface area contributed by atoms with Crippen molar-refractivity contribution in [1.29, 1.82) is 0 Å². The summed E-state index contributed by atoms with van der Waals surface area (Å²) in [6.45, 7) is 5.88. The number of piperazine rings is 1. The van der Waals surface area contributed by atoms with Gasteiger partial charge in [-0.25, -0.2) is 8.42 Å². The molecule has 0 saturated carbocycles. The number of nitrogens with one attached hydrogen (secondary N) is 2. The third-order valence-corrected chi connectivity index (χ3v) is 7.48. The molecule has 0 unspecified atom stereocenters. The largest absolute Gasteiger partial charge is 0.352 e. The maximum atomic E-state index is 12.8. The van der Waals surface area contributed by atoms with Gasteiger partial charge in [-0.3, -0.25) is 9.52 Å². The molecule has 0 aliphatic carbocycles. The first-order chi connectivity index (χ1) is 15.2. The summed E-state index contributed by atoms with van der Waals surface area (Å²) in [7, 11) is -1.84. The lowest BCUT2D eigenvalue weighted by atomic mass is 10.2. The molecular formula is C22H28Cl2N4O3S. The highest BCUT2D eigenvalue weighted by Gasteiger charge is 2.20. The zero-order chi connectivity index (χ0) is 23.1. The van der Waals surface area contributed by atoms with Gasteiger partial charge in [-0.05, 0) is 68.9 Å². The van der Waals surface area contributed by atoms with Crippen molar-refractivity contribution < 1.29 is 13.2 Å². The van der Waals surface area contributed by atoms with Crippen LogP contribution >= 0.6 is 23.2 Å². The molecule has 2 aromatic rings. The van der Waals surface area contributed by atoms with Crippen LogP contribution in [0.5, 0.6) is 0 Å². The van der Waals surface area contributed by atoms with E-state index in [1.807, 2.05) is 0 Å². The summed E-state index contributed by atoms with van der Waals surface area (Å²) in [5, 5.41) is 3.39. The fourth-order valence-corrected chi connectivity index (χ4v) is 5.13. The predicted molar refractivity (Wildman–Crippen MR) is 129 cm³/mol. The average molecular weight is 499 g/mol. The molecule has 7 nitrogen and oxygen atoms in total. The first-order valence-electron chi connectivity index (χ1n) is 10.5. The van der Waals surface area contributed by atoms with Crippen molar-refractivity contribution in [3.8, 4) is 0 Å². The van der Waals surface area contributed by atoms with E-state index in [1.54, 1.807) is 24.3 Å². The van der Waals surface area contributed by atoms with E-state index in [9.17, 15) is 13.2 Å². The molecule has 2 N–H and O–H groups in total. The van der Waals surface area contributed by atoms with E-state index in [1.165, 1.54) is 18.2 Å². The van der Waals surface area contributed by atoms with Crippen molar-refractivity contribution in [1.82, 2.24) is 15.1 Å². The summed E-state index contributed by atoms with van der Waals surface area (Å²) in [6, 6.07) is 10.5. The number of unbranched alkanes of at least 4 members (excludes halogenated alkanes) is 1. The molecule has 2 aromatic carbocycles. The first-order valence-corrected chi connectivity index (χ1v) is 12.8. The number of hydrogen-bond donors (Lipinski definition) is 2. The second-order valence-electron chi connectivity index (χ2n) is 7.87. The molecule has 0 atom stereocenters. The smallest absolute Gasteiger partial charge is 0.263 e. The van der Waals surface area contributed by atoms with Crippen LogP contribution in [0.2, 0.25) is 10.0 Å². The summed E-state index contributed by atoms with van der Waals surface area (Å²) < 4.78 is 28.0. The Morgan fingerprint density at radius 2 is 1.69 bits per heavy atom. The third kappa shape index (κ3) is 7.08. The van der Waals surface area contributed by atoms with Gasteiger partial charge in [0.15, 0.2) is 0 Å². The molecule has 0 aromatic heterocycles. The van der Waals surface area contributed by atoms with Crippen LogP contribution in [0, 0.1) is 0 Å².